The second-order valence-electron chi connectivity index (χ2n) is 4.54. The highest BCUT2D eigenvalue weighted by molar-refractivity contribution is 6.11. The van der Waals surface area contributed by atoms with Gasteiger partial charge < -0.3 is 19.7 Å². The van der Waals surface area contributed by atoms with Gasteiger partial charge in [0, 0.05) is 5.69 Å². The van der Waals surface area contributed by atoms with E-state index < -0.39 is 17.2 Å². The van der Waals surface area contributed by atoms with Crippen LogP contribution in [0.25, 0.3) is 5.76 Å². The second kappa shape index (κ2) is 7.13. The van der Waals surface area contributed by atoms with Crippen molar-refractivity contribution in [3.63, 3.8) is 0 Å². The van der Waals surface area contributed by atoms with Crippen molar-refractivity contribution in [2.24, 2.45) is 0 Å². The van der Waals surface area contributed by atoms with E-state index in [0.29, 0.717) is 23.8 Å². The molecule has 0 saturated carbocycles. The predicted octanol–water partition coefficient (Wildman–Crippen LogP) is 2.81. The molecule has 2 N–H and O–H groups in total. The predicted molar refractivity (Wildman–Crippen MR) is 82.6 cm³/mol. The maximum atomic E-state index is 12.2. The number of ether oxygens (including phenoxy) is 1. The fraction of sp³-hybridized carbons (Fsp3) is 0.188. The highest BCUT2D eigenvalue weighted by atomic mass is 16.5. The van der Waals surface area contributed by atoms with Crippen molar-refractivity contribution in [3.05, 3.63) is 47.4 Å². The molecule has 0 atom stereocenters. The van der Waals surface area contributed by atoms with Gasteiger partial charge in [0.2, 0.25) is 0 Å². The number of carbonyl (C=O) groups excluding carboxylic acids is 1. The zero-order valence-electron chi connectivity index (χ0n) is 12.7. The molecule has 2 rings (SSSR count). The summed E-state index contributed by atoms with van der Waals surface area (Å²) >= 11 is 0. The number of hydrogen-bond donors (Lipinski definition) is 2. The number of aliphatic hydroxyl groups excluding tert-OH is 1. The van der Waals surface area contributed by atoms with Gasteiger partial charge in [-0.1, -0.05) is 5.16 Å². The maximum Gasteiger partial charge on any atom is 0.270 e. The van der Waals surface area contributed by atoms with Crippen LogP contribution in [0.5, 0.6) is 5.75 Å². The van der Waals surface area contributed by atoms with Crippen LogP contribution in [0.15, 0.2) is 40.6 Å². The minimum atomic E-state index is -0.727. The Morgan fingerprint density at radius 3 is 2.65 bits per heavy atom. The fourth-order valence-electron chi connectivity index (χ4n) is 1.87. The number of amides is 1. The first-order valence-electron chi connectivity index (χ1n) is 6.86. The van der Waals surface area contributed by atoms with Crippen molar-refractivity contribution in [1.29, 1.82) is 5.26 Å². The summed E-state index contributed by atoms with van der Waals surface area (Å²) in [4.78, 5) is 12.2. The molecule has 1 amide bonds. The summed E-state index contributed by atoms with van der Waals surface area (Å²) in [5.41, 5.74) is 0.245. The molecule has 1 aromatic carbocycles. The maximum absolute atomic E-state index is 12.2. The number of anilines is 1. The Morgan fingerprint density at radius 1 is 1.43 bits per heavy atom. The molecule has 0 aliphatic heterocycles. The third-order valence-corrected chi connectivity index (χ3v) is 3.00. The molecule has 1 heterocycles. The molecule has 0 aliphatic carbocycles. The lowest BCUT2D eigenvalue weighted by molar-refractivity contribution is -0.112. The molecule has 0 unspecified atom stereocenters. The summed E-state index contributed by atoms with van der Waals surface area (Å²) in [7, 11) is 0. The van der Waals surface area contributed by atoms with Gasteiger partial charge in [-0.05, 0) is 38.1 Å². The molecule has 2 aromatic rings. The molecule has 23 heavy (non-hydrogen) atoms. The number of nitrogens with one attached hydrogen (secondary N) is 1. The van der Waals surface area contributed by atoms with Gasteiger partial charge in [-0.25, -0.2) is 0 Å². The van der Waals surface area contributed by atoms with E-state index in [1.807, 2.05) is 6.92 Å². The Balaban J connectivity index is 2.21. The SMILES string of the molecule is CCOc1ccc(NC(=O)/C(C#N)=C(\O)c2cnoc2C)cc1. The number of aromatic nitrogens is 1. The zero-order valence-corrected chi connectivity index (χ0v) is 12.7. The van der Waals surface area contributed by atoms with Crippen LogP contribution in [-0.4, -0.2) is 22.8 Å². The molecule has 0 spiro atoms. The first kappa shape index (κ1) is 16.1. The first-order chi connectivity index (χ1) is 11.1. The van der Waals surface area contributed by atoms with Crippen LogP contribution in [0.1, 0.15) is 18.2 Å². The third-order valence-electron chi connectivity index (χ3n) is 3.00. The van der Waals surface area contributed by atoms with Crippen LogP contribution in [0.3, 0.4) is 0 Å². The lowest BCUT2D eigenvalue weighted by Gasteiger charge is -2.07. The van der Waals surface area contributed by atoms with Crippen molar-refractivity contribution in [3.8, 4) is 11.8 Å². The van der Waals surface area contributed by atoms with Crippen LogP contribution < -0.4 is 10.1 Å². The summed E-state index contributed by atoms with van der Waals surface area (Å²) < 4.78 is 10.1. The molecule has 0 fully saturated rings. The van der Waals surface area contributed by atoms with E-state index in [-0.39, 0.29) is 5.56 Å². The number of rotatable bonds is 5. The molecule has 0 radical (unpaired) electrons. The number of carbonyl (C=O) groups is 1. The van der Waals surface area contributed by atoms with Crippen LogP contribution in [-0.2, 0) is 4.79 Å². The van der Waals surface area contributed by atoms with Crippen LogP contribution in [0.4, 0.5) is 5.69 Å². The molecule has 0 aliphatic rings. The zero-order chi connectivity index (χ0) is 16.8. The van der Waals surface area contributed by atoms with Crippen molar-refractivity contribution in [1.82, 2.24) is 5.16 Å². The average molecular weight is 313 g/mol. The van der Waals surface area contributed by atoms with E-state index in [1.165, 1.54) is 6.20 Å². The topological polar surface area (TPSA) is 108 Å². The second-order valence-corrected chi connectivity index (χ2v) is 4.54. The van der Waals surface area contributed by atoms with Crippen molar-refractivity contribution in [2.75, 3.05) is 11.9 Å². The summed E-state index contributed by atoms with van der Waals surface area (Å²) in [6.45, 7) is 3.98. The number of nitriles is 1. The molecular weight excluding hydrogens is 298 g/mol. The van der Waals surface area contributed by atoms with E-state index in [0.717, 1.165) is 0 Å². The summed E-state index contributed by atoms with van der Waals surface area (Å²) in [6, 6.07) is 8.36. The minimum Gasteiger partial charge on any atom is -0.506 e. The molecule has 118 valence electrons. The van der Waals surface area contributed by atoms with Crippen LogP contribution >= 0.6 is 0 Å². The van der Waals surface area contributed by atoms with E-state index >= 15 is 0 Å². The van der Waals surface area contributed by atoms with Gasteiger partial charge in [0.05, 0.1) is 18.4 Å². The van der Waals surface area contributed by atoms with Gasteiger partial charge in [0.25, 0.3) is 5.91 Å². The summed E-state index contributed by atoms with van der Waals surface area (Å²) in [5.74, 6) is -0.224. The molecule has 1 aromatic heterocycles. The largest absolute Gasteiger partial charge is 0.506 e. The van der Waals surface area contributed by atoms with Gasteiger partial charge in [-0.15, -0.1) is 0 Å². The average Bonchev–Trinajstić information content (AvgIpc) is 2.96. The Morgan fingerprint density at radius 2 is 2.13 bits per heavy atom. The van der Waals surface area contributed by atoms with E-state index in [2.05, 4.69) is 10.5 Å². The molecular formula is C16H15N3O4. The van der Waals surface area contributed by atoms with Gasteiger partial charge in [-0.2, -0.15) is 5.26 Å². The lowest BCUT2D eigenvalue weighted by Crippen LogP contribution is -2.15. The first-order valence-corrected chi connectivity index (χ1v) is 6.86. The highest BCUT2D eigenvalue weighted by Gasteiger charge is 2.19. The van der Waals surface area contributed by atoms with Gasteiger partial charge in [0.15, 0.2) is 11.3 Å². The number of benzene rings is 1. The molecule has 7 heteroatoms. The Hall–Kier alpha value is -3.27. The standard InChI is InChI=1S/C16H15N3O4/c1-3-22-12-6-4-11(5-7-12)19-16(21)13(8-17)15(20)14-9-18-23-10(14)2/h4-7,9,20H,3H2,1-2H3,(H,19,21)/b15-13-. The summed E-state index contributed by atoms with van der Waals surface area (Å²) in [5, 5.41) is 25.3. The van der Waals surface area contributed by atoms with Crippen molar-refractivity contribution >= 4 is 17.4 Å². The smallest absolute Gasteiger partial charge is 0.270 e. The molecule has 0 saturated heterocycles. The number of hydrogen-bond acceptors (Lipinski definition) is 6. The Labute approximate surface area is 132 Å². The quantitative estimate of drug-likeness (QED) is 0.499. The number of aliphatic hydroxyl groups is 1. The van der Waals surface area contributed by atoms with Gasteiger partial charge >= 0.3 is 0 Å². The highest BCUT2D eigenvalue weighted by Crippen LogP contribution is 2.21. The van der Waals surface area contributed by atoms with Crippen molar-refractivity contribution in [2.45, 2.75) is 13.8 Å². The number of nitrogens with zero attached hydrogens (tertiary/aromatic N) is 2. The Kier molecular flexibility index (Phi) is 5.00. The van der Waals surface area contributed by atoms with E-state index in [1.54, 1.807) is 37.3 Å². The van der Waals surface area contributed by atoms with E-state index in [4.69, 9.17) is 14.5 Å². The van der Waals surface area contributed by atoms with Gasteiger partial charge in [0.1, 0.15) is 17.6 Å². The Bertz CT molecular complexity index is 769. The lowest BCUT2D eigenvalue weighted by atomic mass is 10.1. The van der Waals surface area contributed by atoms with Crippen LogP contribution in [0.2, 0.25) is 0 Å². The van der Waals surface area contributed by atoms with Crippen molar-refractivity contribution < 1.29 is 19.2 Å². The summed E-state index contributed by atoms with van der Waals surface area (Å²) in [6.07, 6.45) is 1.24. The minimum absolute atomic E-state index is 0.198. The van der Waals surface area contributed by atoms with Gasteiger partial charge in [-0.3, -0.25) is 4.79 Å². The van der Waals surface area contributed by atoms with E-state index in [9.17, 15) is 9.90 Å². The monoisotopic (exact) mass is 313 g/mol. The molecule has 7 nitrogen and oxygen atoms in total. The third kappa shape index (κ3) is 3.68. The fourth-order valence-corrected chi connectivity index (χ4v) is 1.87. The molecule has 0 bridgehead atoms. The normalized spacial score (nSPS) is 11.3. The van der Waals surface area contributed by atoms with Crippen LogP contribution in [0, 0.1) is 18.3 Å². The number of aryl methyl sites for hydroxylation is 1.